The second-order valence-electron chi connectivity index (χ2n) is 14.5. The van der Waals surface area contributed by atoms with E-state index in [0.29, 0.717) is 31.1 Å². The van der Waals surface area contributed by atoms with Crippen molar-refractivity contribution in [2.45, 2.75) is 130 Å². The highest BCUT2D eigenvalue weighted by molar-refractivity contribution is 5.86. The van der Waals surface area contributed by atoms with Crippen LogP contribution < -0.4 is 0 Å². The van der Waals surface area contributed by atoms with Crippen LogP contribution in [0.25, 0.3) is 0 Å². The van der Waals surface area contributed by atoms with E-state index in [1.807, 2.05) is 13.0 Å². The standard InChI is InChI=1S/C30H48O5/c1-18(2)9-8-13-28(7)29(34)16-15-27(6)19-10-11-21-25(3,4)22(31)12-14-26(21,5)20(19)17-23(32)30(27,29)24(33)35-28/h17-19,21-23,31-32,34H,8-16H2,1-7H3. The SMILES string of the molecule is CC(C)CCCC1(C)OC(=O)C23C(O)C=C4C(CCC5C4(C)CCC(O)C5(C)C)C2(C)CCC13O. The fraction of sp³-hybridized carbons (Fsp3) is 0.900. The molecule has 0 bridgehead atoms. The number of aliphatic hydroxyl groups excluding tert-OH is 2. The second kappa shape index (κ2) is 7.57. The van der Waals surface area contributed by atoms with Gasteiger partial charge in [-0.3, -0.25) is 4.79 Å². The number of ether oxygens (including phenoxy) is 1. The van der Waals surface area contributed by atoms with Crippen molar-refractivity contribution in [3.63, 3.8) is 0 Å². The number of carbonyl (C=O) groups is 1. The topological polar surface area (TPSA) is 87.0 Å². The number of rotatable bonds is 4. The number of hydrogen-bond acceptors (Lipinski definition) is 5. The highest BCUT2D eigenvalue weighted by Crippen LogP contribution is 2.77. The van der Waals surface area contributed by atoms with E-state index in [1.54, 1.807) is 0 Å². The van der Waals surface area contributed by atoms with Gasteiger partial charge in [0, 0.05) is 0 Å². The molecule has 0 aromatic rings. The summed E-state index contributed by atoms with van der Waals surface area (Å²) in [5.41, 5.74) is -3.32. The van der Waals surface area contributed by atoms with E-state index in [1.165, 1.54) is 5.57 Å². The summed E-state index contributed by atoms with van der Waals surface area (Å²) in [5.74, 6) is 0.593. The summed E-state index contributed by atoms with van der Waals surface area (Å²) in [4.78, 5) is 13.9. The highest BCUT2D eigenvalue weighted by atomic mass is 16.6. The molecule has 0 radical (unpaired) electrons. The van der Waals surface area contributed by atoms with Gasteiger partial charge in [0.25, 0.3) is 0 Å². The third kappa shape index (κ3) is 2.84. The lowest BCUT2D eigenvalue weighted by Gasteiger charge is -2.64. The van der Waals surface area contributed by atoms with Crippen molar-refractivity contribution >= 4 is 5.97 Å². The van der Waals surface area contributed by atoms with Gasteiger partial charge in [0.2, 0.25) is 0 Å². The largest absolute Gasteiger partial charge is 0.456 e. The van der Waals surface area contributed by atoms with Crippen LogP contribution >= 0.6 is 0 Å². The molecule has 9 atom stereocenters. The minimum Gasteiger partial charge on any atom is -0.456 e. The lowest BCUT2D eigenvalue weighted by atomic mass is 9.40. The summed E-state index contributed by atoms with van der Waals surface area (Å²) >= 11 is 0. The molecular formula is C30H48O5. The lowest BCUT2D eigenvalue weighted by molar-refractivity contribution is -0.188. The maximum atomic E-state index is 13.9. The van der Waals surface area contributed by atoms with E-state index in [9.17, 15) is 20.1 Å². The molecule has 5 nitrogen and oxygen atoms in total. The van der Waals surface area contributed by atoms with E-state index in [4.69, 9.17) is 4.74 Å². The van der Waals surface area contributed by atoms with Crippen LogP contribution in [0.3, 0.4) is 0 Å². The van der Waals surface area contributed by atoms with Crippen LogP contribution in [0.4, 0.5) is 0 Å². The van der Waals surface area contributed by atoms with Crippen LogP contribution in [0.2, 0.25) is 0 Å². The van der Waals surface area contributed by atoms with E-state index < -0.39 is 34.1 Å². The van der Waals surface area contributed by atoms with Gasteiger partial charge in [-0.05, 0) is 92.3 Å². The molecule has 35 heavy (non-hydrogen) atoms. The molecule has 4 aliphatic carbocycles. The Balaban J connectivity index is 1.59. The Hall–Kier alpha value is -0.910. The number of carbonyl (C=O) groups excluding carboxylic acids is 1. The van der Waals surface area contributed by atoms with Gasteiger partial charge in [0.05, 0.1) is 12.2 Å². The number of allylic oxidation sites excluding steroid dienone is 1. The van der Waals surface area contributed by atoms with E-state index >= 15 is 0 Å². The molecule has 0 aromatic carbocycles. The fourth-order valence-electron chi connectivity index (χ4n) is 10.2. The summed E-state index contributed by atoms with van der Waals surface area (Å²) in [7, 11) is 0. The highest BCUT2D eigenvalue weighted by Gasteiger charge is 2.85. The number of esters is 1. The summed E-state index contributed by atoms with van der Waals surface area (Å²) in [6.45, 7) is 15.1. The van der Waals surface area contributed by atoms with Crippen LogP contribution in [0.5, 0.6) is 0 Å². The van der Waals surface area contributed by atoms with Crippen molar-refractivity contribution in [2.24, 2.45) is 39.4 Å². The van der Waals surface area contributed by atoms with Crippen LogP contribution in [0.15, 0.2) is 11.6 Å². The first-order valence-electron chi connectivity index (χ1n) is 14.2. The van der Waals surface area contributed by atoms with Gasteiger partial charge in [0.1, 0.15) is 16.6 Å². The Labute approximate surface area is 211 Å². The van der Waals surface area contributed by atoms with Gasteiger partial charge < -0.3 is 20.1 Å². The van der Waals surface area contributed by atoms with Crippen molar-refractivity contribution in [3.8, 4) is 0 Å². The van der Waals surface area contributed by atoms with Crippen LogP contribution in [-0.4, -0.2) is 44.7 Å². The van der Waals surface area contributed by atoms with Gasteiger partial charge in [-0.2, -0.15) is 0 Å². The Bertz CT molecular complexity index is 939. The van der Waals surface area contributed by atoms with Gasteiger partial charge in [-0.25, -0.2) is 0 Å². The molecular weight excluding hydrogens is 440 g/mol. The first kappa shape index (κ1) is 25.7. The summed E-state index contributed by atoms with van der Waals surface area (Å²) in [6.07, 6.45) is 7.83. The monoisotopic (exact) mass is 488 g/mol. The maximum absolute atomic E-state index is 13.9. The molecule has 0 amide bonds. The van der Waals surface area contributed by atoms with Gasteiger partial charge in [0.15, 0.2) is 0 Å². The number of aliphatic hydroxyl groups is 3. The van der Waals surface area contributed by atoms with Crippen molar-refractivity contribution in [2.75, 3.05) is 0 Å². The number of fused-ring (bicyclic) bond motifs is 4. The minimum absolute atomic E-state index is 0.123. The fourth-order valence-corrected chi connectivity index (χ4v) is 10.2. The predicted molar refractivity (Wildman–Crippen MR) is 135 cm³/mol. The molecule has 9 unspecified atom stereocenters. The van der Waals surface area contributed by atoms with E-state index in [-0.39, 0.29) is 22.9 Å². The molecule has 1 aliphatic heterocycles. The van der Waals surface area contributed by atoms with E-state index in [0.717, 1.165) is 38.5 Å². The zero-order valence-electron chi connectivity index (χ0n) is 23.0. The second-order valence-corrected chi connectivity index (χ2v) is 14.5. The average Bonchev–Trinajstić information content (AvgIpc) is 3.11. The predicted octanol–water partition coefficient (Wildman–Crippen LogP) is 5.16. The number of hydrogen-bond donors (Lipinski definition) is 3. The molecule has 198 valence electrons. The third-order valence-corrected chi connectivity index (χ3v) is 12.3. The first-order chi connectivity index (χ1) is 16.1. The quantitative estimate of drug-likeness (QED) is 0.376. The van der Waals surface area contributed by atoms with Crippen LogP contribution in [-0.2, 0) is 9.53 Å². The molecule has 5 heteroatoms. The Morgan fingerprint density at radius 1 is 1.03 bits per heavy atom. The normalized spacial score (nSPS) is 52.3. The molecule has 3 N–H and O–H groups in total. The van der Waals surface area contributed by atoms with Crippen molar-refractivity contribution in [1.82, 2.24) is 0 Å². The Morgan fingerprint density at radius 3 is 2.37 bits per heavy atom. The molecule has 5 rings (SSSR count). The Kier molecular flexibility index (Phi) is 5.56. The van der Waals surface area contributed by atoms with Crippen LogP contribution in [0.1, 0.15) is 106 Å². The van der Waals surface area contributed by atoms with Crippen molar-refractivity contribution < 1.29 is 24.9 Å². The average molecular weight is 489 g/mol. The van der Waals surface area contributed by atoms with Crippen molar-refractivity contribution in [1.29, 1.82) is 0 Å². The zero-order chi connectivity index (χ0) is 25.8. The smallest absolute Gasteiger partial charge is 0.319 e. The molecule has 5 aliphatic rings. The summed E-state index contributed by atoms with van der Waals surface area (Å²) in [5, 5.41) is 35.2. The minimum atomic E-state index is -1.38. The number of cyclic esters (lactones) is 1. The first-order valence-corrected chi connectivity index (χ1v) is 14.2. The van der Waals surface area contributed by atoms with Gasteiger partial charge >= 0.3 is 5.97 Å². The molecule has 3 saturated carbocycles. The summed E-state index contributed by atoms with van der Waals surface area (Å²) < 4.78 is 6.14. The Morgan fingerprint density at radius 2 is 1.71 bits per heavy atom. The van der Waals surface area contributed by atoms with Crippen LogP contribution in [0, 0.1) is 39.4 Å². The van der Waals surface area contributed by atoms with Gasteiger partial charge in [-0.15, -0.1) is 0 Å². The van der Waals surface area contributed by atoms with Crippen molar-refractivity contribution in [3.05, 3.63) is 11.6 Å². The lowest BCUT2D eigenvalue weighted by Crippen LogP contribution is -2.68. The van der Waals surface area contributed by atoms with Gasteiger partial charge in [-0.1, -0.05) is 59.6 Å². The van der Waals surface area contributed by atoms with E-state index in [2.05, 4.69) is 41.5 Å². The molecule has 1 spiro atoms. The maximum Gasteiger partial charge on any atom is 0.319 e. The molecule has 0 aromatic heterocycles. The molecule has 1 heterocycles. The zero-order valence-corrected chi connectivity index (χ0v) is 23.0. The molecule has 1 saturated heterocycles. The third-order valence-electron chi connectivity index (χ3n) is 12.3. The molecule has 4 fully saturated rings. The summed E-state index contributed by atoms with van der Waals surface area (Å²) in [6, 6.07) is 0.